The summed E-state index contributed by atoms with van der Waals surface area (Å²) >= 11 is 0. The maximum Gasteiger partial charge on any atom is 0.345 e. The molecule has 0 amide bonds. The van der Waals surface area contributed by atoms with Crippen LogP contribution in [0, 0.1) is 10.1 Å². The van der Waals surface area contributed by atoms with Crippen molar-refractivity contribution in [3.8, 4) is 0 Å². The van der Waals surface area contributed by atoms with Gasteiger partial charge in [-0.1, -0.05) is 11.2 Å². The Hall–Kier alpha value is -2.24. The molecule has 2 heterocycles. The molecule has 2 aromatic rings. The molecule has 0 fully saturated rings. The van der Waals surface area contributed by atoms with Crippen molar-refractivity contribution in [2.75, 3.05) is 0 Å². The summed E-state index contributed by atoms with van der Waals surface area (Å²) in [6.45, 7) is 0.358. The van der Waals surface area contributed by atoms with Gasteiger partial charge in [-0.2, -0.15) is 0 Å². The van der Waals surface area contributed by atoms with Gasteiger partial charge in [0, 0.05) is 18.0 Å². The average Bonchev–Trinajstić information content (AvgIpc) is 2.67. The molecule has 76 valence electrons. The zero-order valence-corrected chi connectivity index (χ0v) is 7.78. The fourth-order valence-electron chi connectivity index (χ4n) is 1.27. The highest BCUT2D eigenvalue weighted by Crippen LogP contribution is 2.11. The van der Waals surface area contributed by atoms with E-state index >= 15 is 0 Å². The first-order chi connectivity index (χ1) is 7.27. The molecule has 0 radical (unpaired) electrons. The van der Waals surface area contributed by atoms with Gasteiger partial charge >= 0.3 is 5.82 Å². The minimum atomic E-state index is -0.455. The molecular weight excluding hydrogens is 196 g/mol. The molecule has 2 rings (SSSR count). The first kappa shape index (κ1) is 9.32. The normalized spacial score (nSPS) is 10.1. The Labute approximate surface area is 85.3 Å². The van der Waals surface area contributed by atoms with Crippen LogP contribution in [0.5, 0.6) is 0 Å². The highest BCUT2D eigenvalue weighted by Gasteiger charge is 2.13. The maximum absolute atomic E-state index is 10.6. The van der Waals surface area contributed by atoms with Gasteiger partial charge in [-0.05, 0) is 11.0 Å². The zero-order valence-electron chi connectivity index (χ0n) is 7.78. The summed E-state index contributed by atoms with van der Waals surface area (Å²) in [7, 11) is 0. The number of hydrogen-bond acceptors (Lipinski definition) is 4. The second-order valence-corrected chi connectivity index (χ2v) is 2.97. The molecule has 6 heteroatoms. The van der Waals surface area contributed by atoms with E-state index in [2.05, 4.69) is 10.1 Å². The Morgan fingerprint density at radius 3 is 2.93 bits per heavy atom. The summed E-state index contributed by atoms with van der Waals surface area (Å²) in [5.41, 5.74) is 0.879. The van der Waals surface area contributed by atoms with Crippen molar-refractivity contribution in [1.82, 2.24) is 14.8 Å². The van der Waals surface area contributed by atoms with Gasteiger partial charge in [-0.25, -0.2) is 0 Å². The van der Waals surface area contributed by atoms with Crippen molar-refractivity contribution >= 4 is 5.82 Å². The SMILES string of the molecule is O=[N+]([O-])c1ccnn1Cc1cccnc1. The maximum atomic E-state index is 10.6. The molecule has 0 aliphatic rings. The van der Waals surface area contributed by atoms with E-state index in [-0.39, 0.29) is 5.82 Å². The highest BCUT2D eigenvalue weighted by molar-refractivity contribution is 5.19. The summed E-state index contributed by atoms with van der Waals surface area (Å²) in [5, 5.41) is 14.5. The number of hydrogen-bond donors (Lipinski definition) is 0. The van der Waals surface area contributed by atoms with Crippen LogP contribution in [0.2, 0.25) is 0 Å². The Morgan fingerprint density at radius 1 is 1.40 bits per heavy atom. The molecule has 15 heavy (non-hydrogen) atoms. The van der Waals surface area contributed by atoms with E-state index < -0.39 is 4.92 Å². The van der Waals surface area contributed by atoms with Crippen LogP contribution < -0.4 is 0 Å². The quantitative estimate of drug-likeness (QED) is 0.556. The topological polar surface area (TPSA) is 73.8 Å². The summed E-state index contributed by atoms with van der Waals surface area (Å²) in [4.78, 5) is 14.1. The predicted molar refractivity (Wildman–Crippen MR) is 52.2 cm³/mol. The first-order valence-electron chi connectivity index (χ1n) is 4.32. The number of nitrogens with zero attached hydrogens (tertiary/aromatic N) is 4. The van der Waals surface area contributed by atoms with Gasteiger partial charge in [-0.3, -0.25) is 4.98 Å². The van der Waals surface area contributed by atoms with Crippen molar-refractivity contribution in [1.29, 1.82) is 0 Å². The molecule has 0 atom stereocenters. The monoisotopic (exact) mass is 204 g/mol. The Balaban J connectivity index is 2.25. The van der Waals surface area contributed by atoms with Crippen LogP contribution in [0.1, 0.15) is 5.56 Å². The Morgan fingerprint density at radius 2 is 2.27 bits per heavy atom. The lowest BCUT2D eigenvalue weighted by atomic mass is 10.3. The fourth-order valence-corrected chi connectivity index (χ4v) is 1.27. The molecular formula is C9H8N4O2. The van der Waals surface area contributed by atoms with E-state index in [4.69, 9.17) is 0 Å². The third-order valence-electron chi connectivity index (χ3n) is 1.94. The van der Waals surface area contributed by atoms with Crippen LogP contribution in [0.3, 0.4) is 0 Å². The molecule has 0 bridgehead atoms. The van der Waals surface area contributed by atoms with Crippen LogP contribution in [0.4, 0.5) is 5.82 Å². The van der Waals surface area contributed by atoms with Crippen molar-refractivity contribution in [3.63, 3.8) is 0 Å². The minimum absolute atomic E-state index is 0.0150. The minimum Gasteiger partial charge on any atom is -0.358 e. The van der Waals surface area contributed by atoms with Crippen molar-refractivity contribution in [2.24, 2.45) is 0 Å². The molecule has 0 saturated carbocycles. The van der Waals surface area contributed by atoms with Crippen molar-refractivity contribution < 1.29 is 4.92 Å². The van der Waals surface area contributed by atoms with Gasteiger partial charge < -0.3 is 10.1 Å². The average molecular weight is 204 g/mol. The summed E-state index contributed by atoms with van der Waals surface area (Å²) < 4.78 is 1.33. The van der Waals surface area contributed by atoms with Crippen LogP contribution >= 0.6 is 0 Å². The lowest BCUT2D eigenvalue weighted by molar-refractivity contribution is -0.392. The van der Waals surface area contributed by atoms with Crippen LogP contribution in [0.15, 0.2) is 36.8 Å². The Bertz CT molecular complexity index is 466. The molecule has 6 nitrogen and oxygen atoms in total. The van der Waals surface area contributed by atoms with E-state index in [1.165, 1.54) is 16.9 Å². The second-order valence-electron chi connectivity index (χ2n) is 2.97. The zero-order chi connectivity index (χ0) is 10.7. The molecule has 2 aromatic heterocycles. The van der Waals surface area contributed by atoms with Crippen LogP contribution in [-0.4, -0.2) is 19.7 Å². The van der Waals surface area contributed by atoms with Gasteiger partial charge in [0.05, 0.1) is 12.3 Å². The van der Waals surface area contributed by atoms with Crippen molar-refractivity contribution in [2.45, 2.75) is 6.54 Å². The van der Waals surface area contributed by atoms with Crippen LogP contribution in [-0.2, 0) is 6.54 Å². The van der Waals surface area contributed by atoms with E-state index in [9.17, 15) is 10.1 Å². The van der Waals surface area contributed by atoms with E-state index in [0.717, 1.165) is 5.56 Å². The third-order valence-corrected chi connectivity index (χ3v) is 1.94. The fraction of sp³-hybridized carbons (Fsp3) is 0.111. The van der Waals surface area contributed by atoms with Gasteiger partial charge in [0.2, 0.25) is 0 Å². The summed E-state index contributed by atoms with van der Waals surface area (Å²) in [6.07, 6.45) is 4.72. The van der Waals surface area contributed by atoms with Crippen LogP contribution in [0.25, 0.3) is 0 Å². The molecule has 0 aliphatic carbocycles. The number of aromatic nitrogens is 3. The molecule has 0 N–H and O–H groups in total. The molecule has 0 aromatic carbocycles. The largest absolute Gasteiger partial charge is 0.358 e. The standard InChI is InChI=1S/C9H8N4O2/c14-13(15)9-3-5-11-12(9)7-8-2-1-4-10-6-8/h1-6H,7H2. The van der Waals surface area contributed by atoms with Gasteiger partial charge in [0.1, 0.15) is 6.54 Å². The van der Waals surface area contributed by atoms with Gasteiger partial charge in [0.25, 0.3) is 0 Å². The van der Waals surface area contributed by atoms with Gasteiger partial charge in [-0.15, -0.1) is 4.68 Å². The lowest BCUT2D eigenvalue weighted by Crippen LogP contribution is -2.05. The molecule has 0 spiro atoms. The first-order valence-corrected chi connectivity index (χ1v) is 4.32. The molecule has 0 unspecified atom stereocenters. The highest BCUT2D eigenvalue weighted by atomic mass is 16.6. The lowest BCUT2D eigenvalue weighted by Gasteiger charge is -1.98. The number of nitro groups is 1. The van der Waals surface area contributed by atoms with Gasteiger partial charge in [0.15, 0.2) is 0 Å². The summed E-state index contributed by atoms with van der Waals surface area (Å²) in [5.74, 6) is -0.0150. The van der Waals surface area contributed by atoms with Crippen molar-refractivity contribution in [3.05, 3.63) is 52.5 Å². The molecule has 0 aliphatic heterocycles. The predicted octanol–water partition coefficient (Wildman–Crippen LogP) is 1.23. The summed E-state index contributed by atoms with van der Waals surface area (Å²) in [6, 6.07) is 5.00. The second kappa shape index (κ2) is 3.87. The molecule has 0 saturated heterocycles. The van der Waals surface area contributed by atoms with E-state index in [1.807, 2.05) is 6.07 Å². The third kappa shape index (κ3) is 1.98. The number of rotatable bonds is 3. The Kier molecular flexibility index (Phi) is 2.40. The smallest absolute Gasteiger partial charge is 0.345 e. The van der Waals surface area contributed by atoms with E-state index in [0.29, 0.717) is 6.54 Å². The van der Waals surface area contributed by atoms with E-state index in [1.54, 1.807) is 18.5 Å². The number of pyridine rings is 1.